The van der Waals surface area contributed by atoms with E-state index < -0.39 is 0 Å². The number of rotatable bonds is 3. The number of para-hydroxylation sites is 1. The molecule has 6 nitrogen and oxygen atoms in total. The Kier molecular flexibility index (Phi) is 5.07. The van der Waals surface area contributed by atoms with Crippen LogP contribution in [-0.4, -0.2) is 43.2 Å². The van der Waals surface area contributed by atoms with Gasteiger partial charge < -0.3 is 19.9 Å². The highest BCUT2D eigenvalue weighted by Crippen LogP contribution is 2.25. The number of nitrogens with zero attached hydrogens (tertiary/aromatic N) is 3. The molecular weight excluding hydrogens is 316 g/mol. The average molecular weight is 340 g/mol. The van der Waals surface area contributed by atoms with Crippen molar-refractivity contribution in [1.82, 2.24) is 15.2 Å². The summed E-state index contributed by atoms with van der Waals surface area (Å²) in [5.74, 6) is 0.677. The number of methoxy groups -OCH3 is 1. The number of urea groups is 1. The van der Waals surface area contributed by atoms with E-state index in [2.05, 4.69) is 34.4 Å². The Hall–Kier alpha value is -2.76. The van der Waals surface area contributed by atoms with Gasteiger partial charge in [-0.3, -0.25) is 4.98 Å². The fourth-order valence-corrected chi connectivity index (χ4v) is 3.14. The number of nitrogens with one attached hydrogen (secondary N) is 1. The highest BCUT2D eigenvalue weighted by Gasteiger charge is 2.23. The summed E-state index contributed by atoms with van der Waals surface area (Å²) < 4.78 is 5.34. The molecule has 1 atom stereocenters. The number of benzene rings is 1. The van der Waals surface area contributed by atoms with Gasteiger partial charge in [0.05, 0.1) is 19.3 Å². The van der Waals surface area contributed by atoms with Gasteiger partial charge in [0, 0.05) is 44.1 Å². The van der Waals surface area contributed by atoms with E-state index in [1.54, 1.807) is 19.5 Å². The van der Waals surface area contributed by atoms with E-state index in [-0.39, 0.29) is 12.1 Å². The summed E-state index contributed by atoms with van der Waals surface area (Å²) in [4.78, 5) is 20.9. The first-order chi connectivity index (χ1) is 12.1. The van der Waals surface area contributed by atoms with Crippen molar-refractivity contribution in [2.45, 2.75) is 19.5 Å². The second-order valence-electron chi connectivity index (χ2n) is 6.26. The molecule has 1 N–H and O–H groups in total. The van der Waals surface area contributed by atoms with Crippen molar-refractivity contribution >= 4 is 11.7 Å². The van der Waals surface area contributed by atoms with Crippen molar-refractivity contribution in [1.29, 1.82) is 0 Å². The largest absolute Gasteiger partial charge is 0.495 e. The summed E-state index contributed by atoms with van der Waals surface area (Å²) in [5, 5.41) is 3.07. The number of carbonyl (C=O) groups excluding carboxylic acids is 1. The molecular formula is C19H24N4O2. The number of anilines is 1. The molecule has 0 fully saturated rings. The summed E-state index contributed by atoms with van der Waals surface area (Å²) in [6.45, 7) is 4.04. The lowest BCUT2D eigenvalue weighted by molar-refractivity contribution is 0.194. The van der Waals surface area contributed by atoms with Crippen LogP contribution in [0.1, 0.15) is 24.1 Å². The van der Waals surface area contributed by atoms with Gasteiger partial charge in [0.1, 0.15) is 5.75 Å². The van der Waals surface area contributed by atoms with Gasteiger partial charge in [-0.05, 0) is 24.6 Å². The molecule has 0 spiro atoms. The first-order valence-electron chi connectivity index (χ1n) is 8.42. The summed E-state index contributed by atoms with van der Waals surface area (Å²) in [6.07, 6.45) is 3.37. The molecule has 3 rings (SSSR count). The predicted octanol–water partition coefficient (Wildman–Crippen LogP) is 2.81. The fourth-order valence-electron chi connectivity index (χ4n) is 3.14. The number of aromatic nitrogens is 1. The Morgan fingerprint density at radius 1 is 1.28 bits per heavy atom. The number of ether oxygens (including phenoxy) is 1. The van der Waals surface area contributed by atoms with Crippen LogP contribution in [-0.2, 0) is 6.54 Å². The van der Waals surface area contributed by atoms with Gasteiger partial charge in [-0.1, -0.05) is 18.2 Å². The summed E-state index contributed by atoms with van der Waals surface area (Å²) in [5.41, 5.74) is 3.26. The zero-order valence-electron chi connectivity index (χ0n) is 14.9. The van der Waals surface area contributed by atoms with E-state index in [4.69, 9.17) is 4.74 Å². The van der Waals surface area contributed by atoms with Gasteiger partial charge in [-0.2, -0.15) is 0 Å². The number of fused-ring (bicyclic) bond motifs is 1. The van der Waals surface area contributed by atoms with E-state index in [9.17, 15) is 4.79 Å². The van der Waals surface area contributed by atoms with Crippen molar-refractivity contribution in [3.05, 3.63) is 53.9 Å². The second kappa shape index (κ2) is 7.42. The van der Waals surface area contributed by atoms with Crippen molar-refractivity contribution in [3.63, 3.8) is 0 Å². The Balaban J connectivity index is 1.73. The van der Waals surface area contributed by atoms with Crippen molar-refractivity contribution in [3.8, 4) is 5.75 Å². The van der Waals surface area contributed by atoms with Crippen LogP contribution in [0.3, 0.4) is 0 Å². The molecule has 0 saturated heterocycles. The first-order valence-corrected chi connectivity index (χ1v) is 8.42. The third kappa shape index (κ3) is 3.68. The molecule has 2 heterocycles. The van der Waals surface area contributed by atoms with Crippen LogP contribution >= 0.6 is 0 Å². The Morgan fingerprint density at radius 3 is 2.88 bits per heavy atom. The molecule has 1 aromatic heterocycles. The lowest BCUT2D eigenvalue weighted by Crippen LogP contribution is -2.42. The third-order valence-corrected chi connectivity index (χ3v) is 4.60. The number of pyridine rings is 1. The molecule has 1 unspecified atom stereocenters. The van der Waals surface area contributed by atoms with Gasteiger partial charge in [-0.15, -0.1) is 0 Å². The maximum atomic E-state index is 12.8. The maximum Gasteiger partial charge on any atom is 0.318 e. The molecule has 2 amide bonds. The minimum atomic E-state index is -0.165. The number of carbonyl (C=O) groups is 1. The van der Waals surface area contributed by atoms with Gasteiger partial charge in [-0.25, -0.2) is 4.79 Å². The molecule has 0 saturated carbocycles. The predicted molar refractivity (Wildman–Crippen MR) is 97.9 cm³/mol. The van der Waals surface area contributed by atoms with Gasteiger partial charge >= 0.3 is 6.03 Å². The number of likely N-dealkylation sites (N-methyl/N-ethyl adjacent to an activating group) is 1. The van der Waals surface area contributed by atoms with E-state index in [0.29, 0.717) is 18.8 Å². The summed E-state index contributed by atoms with van der Waals surface area (Å²) in [6, 6.07) is 9.85. The number of hydrogen-bond acceptors (Lipinski definition) is 4. The fraction of sp³-hybridized carbons (Fsp3) is 0.368. The van der Waals surface area contributed by atoms with Crippen LogP contribution in [0.4, 0.5) is 10.5 Å². The molecule has 1 aliphatic heterocycles. The Morgan fingerprint density at radius 2 is 2.08 bits per heavy atom. The molecule has 0 aliphatic carbocycles. The summed E-state index contributed by atoms with van der Waals surface area (Å²) >= 11 is 0. The molecule has 25 heavy (non-hydrogen) atoms. The molecule has 0 radical (unpaired) electrons. The molecule has 0 bridgehead atoms. The van der Waals surface area contributed by atoms with Crippen LogP contribution in [0.5, 0.6) is 5.75 Å². The Bertz CT molecular complexity index is 750. The van der Waals surface area contributed by atoms with Crippen molar-refractivity contribution < 1.29 is 9.53 Å². The zero-order chi connectivity index (χ0) is 17.8. The minimum Gasteiger partial charge on any atom is -0.495 e. The molecule has 1 aliphatic rings. The van der Waals surface area contributed by atoms with Crippen LogP contribution < -0.4 is 15.0 Å². The average Bonchev–Trinajstić information content (AvgIpc) is 2.81. The first kappa shape index (κ1) is 17.1. The second-order valence-corrected chi connectivity index (χ2v) is 6.26. The molecule has 1 aromatic carbocycles. The normalized spacial score (nSPS) is 15.2. The minimum absolute atomic E-state index is 0.0727. The lowest BCUT2D eigenvalue weighted by atomic mass is 10.1. The SMILES string of the molecule is COc1cnccc1C(C)NC(=O)N1CCN(C)c2ccccc2C1. The zero-order valence-corrected chi connectivity index (χ0v) is 14.9. The molecule has 2 aromatic rings. The highest BCUT2D eigenvalue weighted by atomic mass is 16.5. The van der Waals surface area contributed by atoms with Crippen LogP contribution in [0.2, 0.25) is 0 Å². The number of amides is 2. The quantitative estimate of drug-likeness (QED) is 0.933. The van der Waals surface area contributed by atoms with E-state index in [0.717, 1.165) is 17.7 Å². The highest BCUT2D eigenvalue weighted by molar-refractivity contribution is 5.75. The lowest BCUT2D eigenvalue weighted by Gasteiger charge is -2.24. The summed E-state index contributed by atoms with van der Waals surface area (Å²) in [7, 11) is 3.67. The van der Waals surface area contributed by atoms with Crippen LogP contribution in [0.25, 0.3) is 0 Å². The van der Waals surface area contributed by atoms with Gasteiger partial charge in [0.25, 0.3) is 0 Å². The van der Waals surface area contributed by atoms with E-state index >= 15 is 0 Å². The van der Waals surface area contributed by atoms with Gasteiger partial charge in [0.15, 0.2) is 0 Å². The van der Waals surface area contributed by atoms with Crippen molar-refractivity contribution in [2.75, 3.05) is 32.1 Å². The Labute approximate surface area is 148 Å². The van der Waals surface area contributed by atoms with Crippen molar-refractivity contribution in [2.24, 2.45) is 0 Å². The standard InChI is InChI=1S/C19H24N4O2/c1-14(16-8-9-20-12-18(16)25-3)21-19(24)23-11-10-22(2)17-7-5-4-6-15(17)13-23/h4-9,12,14H,10-11,13H2,1-3H3,(H,21,24). The van der Waals surface area contributed by atoms with E-state index in [1.807, 2.05) is 30.0 Å². The van der Waals surface area contributed by atoms with Crippen LogP contribution in [0, 0.1) is 0 Å². The topological polar surface area (TPSA) is 57.7 Å². The number of hydrogen-bond donors (Lipinski definition) is 1. The monoisotopic (exact) mass is 340 g/mol. The molecule has 6 heteroatoms. The van der Waals surface area contributed by atoms with Gasteiger partial charge in [0.2, 0.25) is 0 Å². The molecule has 132 valence electrons. The van der Waals surface area contributed by atoms with E-state index in [1.165, 1.54) is 5.69 Å². The maximum absolute atomic E-state index is 12.8. The van der Waals surface area contributed by atoms with Crippen LogP contribution in [0.15, 0.2) is 42.7 Å². The third-order valence-electron chi connectivity index (χ3n) is 4.60. The smallest absolute Gasteiger partial charge is 0.318 e.